The molecule has 2 rings (SSSR count). The summed E-state index contributed by atoms with van der Waals surface area (Å²) < 4.78 is 6.03. The Hall–Kier alpha value is -0.980. The molecule has 1 aliphatic rings. The highest BCUT2D eigenvalue weighted by Gasteiger charge is 2.31. The van der Waals surface area contributed by atoms with Crippen molar-refractivity contribution in [3.8, 4) is 5.75 Å². The van der Waals surface area contributed by atoms with Crippen molar-refractivity contribution in [1.29, 1.82) is 0 Å². The Morgan fingerprint density at radius 3 is 2.80 bits per heavy atom. The summed E-state index contributed by atoms with van der Waals surface area (Å²) in [6.45, 7) is 8.81. The SMILES string of the molecule is CCc1ccc2c(c1)OC(C)(C)CC2C. The normalized spacial score (nSPS) is 23.1. The molecule has 1 nitrogen and oxygen atoms in total. The summed E-state index contributed by atoms with van der Waals surface area (Å²) in [5.41, 5.74) is 2.71. The molecule has 0 aliphatic carbocycles. The van der Waals surface area contributed by atoms with Crippen molar-refractivity contribution in [3.63, 3.8) is 0 Å². The second kappa shape index (κ2) is 3.55. The second-order valence-electron chi connectivity index (χ2n) is 5.19. The van der Waals surface area contributed by atoms with E-state index in [1.165, 1.54) is 11.1 Å². The number of ether oxygens (including phenoxy) is 1. The molecule has 0 radical (unpaired) electrons. The number of rotatable bonds is 1. The van der Waals surface area contributed by atoms with Crippen LogP contribution in [0.25, 0.3) is 0 Å². The van der Waals surface area contributed by atoms with Crippen LogP contribution in [0.5, 0.6) is 5.75 Å². The minimum Gasteiger partial charge on any atom is -0.488 e. The van der Waals surface area contributed by atoms with Crippen LogP contribution in [-0.2, 0) is 6.42 Å². The van der Waals surface area contributed by atoms with Gasteiger partial charge >= 0.3 is 0 Å². The maximum absolute atomic E-state index is 6.03. The van der Waals surface area contributed by atoms with Crippen LogP contribution >= 0.6 is 0 Å². The van der Waals surface area contributed by atoms with Crippen LogP contribution < -0.4 is 4.74 Å². The monoisotopic (exact) mass is 204 g/mol. The zero-order chi connectivity index (χ0) is 11.1. The fourth-order valence-corrected chi connectivity index (χ4v) is 2.48. The highest BCUT2D eigenvalue weighted by atomic mass is 16.5. The number of hydrogen-bond acceptors (Lipinski definition) is 1. The van der Waals surface area contributed by atoms with Crippen molar-refractivity contribution < 1.29 is 4.74 Å². The Balaban J connectivity index is 2.42. The van der Waals surface area contributed by atoms with Crippen LogP contribution in [0.3, 0.4) is 0 Å². The summed E-state index contributed by atoms with van der Waals surface area (Å²) in [5.74, 6) is 1.70. The van der Waals surface area contributed by atoms with Gasteiger partial charge in [-0.1, -0.05) is 26.0 Å². The highest BCUT2D eigenvalue weighted by Crippen LogP contribution is 2.40. The first-order valence-electron chi connectivity index (χ1n) is 5.83. The third-order valence-corrected chi connectivity index (χ3v) is 3.20. The van der Waals surface area contributed by atoms with Crippen LogP contribution in [0.2, 0.25) is 0 Å². The summed E-state index contributed by atoms with van der Waals surface area (Å²) in [7, 11) is 0. The van der Waals surface area contributed by atoms with E-state index in [4.69, 9.17) is 4.74 Å². The first-order valence-corrected chi connectivity index (χ1v) is 5.83. The molecule has 1 atom stereocenters. The molecule has 0 bridgehead atoms. The van der Waals surface area contributed by atoms with Crippen molar-refractivity contribution >= 4 is 0 Å². The highest BCUT2D eigenvalue weighted by molar-refractivity contribution is 5.42. The van der Waals surface area contributed by atoms with E-state index in [0.29, 0.717) is 5.92 Å². The number of fused-ring (bicyclic) bond motifs is 1. The average molecular weight is 204 g/mol. The summed E-state index contributed by atoms with van der Waals surface area (Å²) in [6, 6.07) is 6.65. The Bertz CT molecular complexity index is 366. The number of hydrogen-bond donors (Lipinski definition) is 0. The molecule has 82 valence electrons. The van der Waals surface area contributed by atoms with E-state index in [2.05, 4.69) is 45.9 Å². The molecule has 0 amide bonds. The molecular weight excluding hydrogens is 184 g/mol. The molecule has 15 heavy (non-hydrogen) atoms. The van der Waals surface area contributed by atoms with E-state index >= 15 is 0 Å². The molecule has 1 aromatic rings. The maximum atomic E-state index is 6.03. The lowest BCUT2D eigenvalue weighted by Gasteiger charge is -2.36. The van der Waals surface area contributed by atoms with Gasteiger partial charge in [-0.3, -0.25) is 0 Å². The van der Waals surface area contributed by atoms with E-state index in [9.17, 15) is 0 Å². The van der Waals surface area contributed by atoms with Gasteiger partial charge in [0.2, 0.25) is 0 Å². The number of aryl methyl sites for hydroxylation is 1. The fraction of sp³-hybridized carbons (Fsp3) is 0.571. The van der Waals surface area contributed by atoms with Gasteiger partial charge in [-0.15, -0.1) is 0 Å². The van der Waals surface area contributed by atoms with E-state index in [1.807, 2.05) is 0 Å². The summed E-state index contributed by atoms with van der Waals surface area (Å²) >= 11 is 0. The van der Waals surface area contributed by atoms with Gasteiger partial charge in [0.1, 0.15) is 11.4 Å². The van der Waals surface area contributed by atoms with Crippen molar-refractivity contribution in [2.45, 2.75) is 52.1 Å². The molecule has 1 aromatic carbocycles. The van der Waals surface area contributed by atoms with Gasteiger partial charge in [-0.25, -0.2) is 0 Å². The van der Waals surface area contributed by atoms with E-state index in [1.54, 1.807) is 0 Å². The van der Waals surface area contributed by atoms with Gasteiger partial charge in [-0.2, -0.15) is 0 Å². The number of benzene rings is 1. The quantitative estimate of drug-likeness (QED) is 0.674. The zero-order valence-corrected chi connectivity index (χ0v) is 10.1. The average Bonchev–Trinajstić information content (AvgIpc) is 2.14. The summed E-state index contributed by atoms with van der Waals surface area (Å²) in [4.78, 5) is 0. The lowest BCUT2D eigenvalue weighted by Crippen LogP contribution is -2.34. The second-order valence-corrected chi connectivity index (χ2v) is 5.19. The Morgan fingerprint density at radius 2 is 2.13 bits per heavy atom. The summed E-state index contributed by atoms with van der Waals surface area (Å²) in [6.07, 6.45) is 2.18. The van der Waals surface area contributed by atoms with Crippen LogP contribution in [0, 0.1) is 0 Å². The molecule has 0 saturated heterocycles. The first-order chi connectivity index (χ1) is 7.02. The van der Waals surface area contributed by atoms with Crippen LogP contribution in [0.1, 0.15) is 51.2 Å². The van der Waals surface area contributed by atoms with E-state index in [-0.39, 0.29) is 5.60 Å². The molecule has 0 saturated carbocycles. The van der Waals surface area contributed by atoms with Crippen molar-refractivity contribution in [2.75, 3.05) is 0 Å². The predicted molar refractivity (Wildman–Crippen MR) is 63.6 cm³/mol. The first kappa shape index (κ1) is 10.5. The molecule has 1 heteroatoms. The fourth-order valence-electron chi connectivity index (χ4n) is 2.48. The van der Waals surface area contributed by atoms with Gasteiger partial charge in [0.05, 0.1) is 0 Å². The van der Waals surface area contributed by atoms with E-state index in [0.717, 1.165) is 18.6 Å². The lowest BCUT2D eigenvalue weighted by molar-refractivity contribution is 0.0745. The van der Waals surface area contributed by atoms with Gasteiger partial charge in [0.15, 0.2) is 0 Å². The van der Waals surface area contributed by atoms with Crippen LogP contribution in [0.15, 0.2) is 18.2 Å². The molecule has 0 N–H and O–H groups in total. The minimum absolute atomic E-state index is 0.0151. The maximum Gasteiger partial charge on any atom is 0.123 e. The lowest BCUT2D eigenvalue weighted by atomic mass is 9.85. The van der Waals surface area contributed by atoms with Gasteiger partial charge in [0, 0.05) is 0 Å². The van der Waals surface area contributed by atoms with Gasteiger partial charge in [-0.05, 0) is 49.8 Å². The van der Waals surface area contributed by atoms with Crippen molar-refractivity contribution in [2.24, 2.45) is 0 Å². The van der Waals surface area contributed by atoms with Crippen LogP contribution in [-0.4, -0.2) is 5.60 Å². The summed E-state index contributed by atoms with van der Waals surface area (Å²) in [5, 5.41) is 0. The largest absolute Gasteiger partial charge is 0.488 e. The third kappa shape index (κ3) is 2.01. The molecule has 0 spiro atoms. The minimum atomic E-state index is -0.0151. The molecule has 0 fully saturated rings. The standard InChI is InChI=1S/C14H20O/c1-5-11-6-7-12-10(2)9-14(3,4)15-13(12)8-11/h6-8,10H,5,9H2,1-4H3. The van der Waals surface area contributed by atoms with Crippen molar-refractivity contribution in [1.82, 2.24) is 0 Å². The predicted octanol–water partition coefficient (Wildman–Crippen LogP) is 3.91. The third-order valence-electron chi connectivity index (χ3n) is 3.20. The van der Waals surface area contributed by atoms with Gasteiger partial charge in [0.25, 0.3) is 0 Å². The zero-order valence-electron chi connectivity index (χ0n) is 10.1. The smallest absolute Gasteiger partial charge is 0.123 e. The topological polar surface area (TPSA) is 9.23 Å². The Labute approximate surface area is 92.5 Å². The van der Waals surface area contributed by atoms with Gasteiger partial charge < -0.3 is 4.74 Å². The van der Waals surface area contributed by atoms with Crippen molar-refractivity contribution in [3.05, 3.63) is 29.3 Å². The molecule has 1 aliphatic heterocycles. The molecule has 1 unspecified atom stereocenters. The van der Waals surface area contributed by atoms with E-state index < -0.39 is 0 Å². The Morgan fingerprint density at radius 1 is 1.40 bits per heavy atom. The molecule has 1 heterocycles. The Kier molecular flexibility index (Phi) is 2.49. The van der Waals surface area contributed by atoms with Crippen LogP contribution in [0.4, 0.5) is 0 Å². The molecule has 0 aromatic heterocycles. The molecular formula is C14H20O.